The summed E-state index contributed by atoms with van der Waals surface area (Å²) in [6, 6.07) is 0. The van der Waals surface area contributed by atoms with Gasteiger partial charge < -0.3 is 0 Å². The maximum absolute atomic E-state index is 4.97. The van der Waals surface area contributed by atoms with Crippen molar-refractivity contribution in [2.45, 2.75) is 6.42 Å². The molecule has 0 spiro atoms. The molecule has 0 saturated carbocycles. The molecule has 3 heteroatoms. The van der Waals surface area contributed by atoms with Gasteiger partial charge in [0.1, 0.15) is 0 Å². The van der Waals surface area contributed by atoms with Crippen LogP contribution in [0.1, 0.15) is 6.42 Å². The van der Waals surface area contributed by atoms with Crippen molar-refractivity contribution in [3.05, 3.63) is 0 Å². The molecule has 0 aliphatic heterocycles. The Morgan fingerprint density at radius 3 is 2.50 bits per heavy atom. The molecule has 8 heavy (non-hydrogen) atoms. The van der Waals surface area contributed by atoms with E-state index in [0.717, 1.165) is 10.6 Å². The molecule has 0 aliphatic carbocycles. The summed E-state index contributed by atoms with van der Waals surface area (Å²) in [6.45, 7) is 0. The van der Waals surface area contributed by atoms with Crippen molar-refractivity contribution in [2.24, 2.45) is 0 Å². The molecule has 0 saturated heterocycles. The van der Waals surface area contributed by atoms with Gasteiger partial charge >= 0.3 is 0 Å². The Morgan fingerprint density at radius 2 is 2.12 bits per heavy atom. The van der Waals surface area contributed by atoms with Crippen molar-refractivity contribution in [2.75, 3.05) is 18.3 Å². The first-order chi connectivity index (χ1) is 3.81. The predicted octanol–water partition coefficient (Wildman–Crippen LogP) is 2.43. The van der Waals surface area contributed by atoms with Crippen LogP contribution in [0.15, 0.2) is 0 Å². The first-order valence-electron chi connectivity index (χ1n) is 2.37. The molecule has 0 bridgehead atoms. The van der Waals surface area contributed by atoms with Crippen LogP contribution in [0.5, 0.6) is 0 Å². The average Bonchev–Trinajstić information content (AvgIpc) is 1.83. The van der Waals surface area contributed by atoms with Crippen LogP contribution in [0.4, 0.5) is 0 Å². The Balaban J connectivity index is 2.99. The molecule has 0 fully saturated rings. The summed E-state index contributed by atoms with van der Waals surface area (Å²) in [5.41, 5.74) is 0. The van der Waals surface area contributed by atoms with Crippen LogP contribution >= 0.6 is 35.7 Å². The number of rotatable bonds is 3. The third-order valence-corrected chi connectivity index (χ3v) is 2.71. The summed E-state index contributed by atoms with van der Waals surface area (Å²) < 4.78 is 1.12. The molecule has 0 aliphatic rings. The van der Waals surface area contributed by atoms with Crippen LogP contribution in [0.2, 0.25) is 0 Å². The topological polar surface area (TPSA) is 0 Å². The van der Waals surface area contributed by atoms with Crippen molar-refractivity contribution in [3.63, 3.8) is 0 Å². The highest BCUT2D eigenvalue weighted by atomic mass is 32.2. The summed E-state index contributed by atoms with van der Waals surface area (Å²) in [5, 5.41) is 0. The third-order valence-electron chi connectivity index (χ3n) is 0.738. The molecule has 0 N–H and O–H groups in total. The quantitative estimate of drug-likeness (QED) is 0.591. The Kier molecular flexibility index (Phi) is 6.50. The largest absolute Gasteiger partial charge is 0.165 e. The van der Waals surface area contributed by atoms with Gasteiger partial charge in [-0.3, -0.25) is 0 Å². The van der Waals surface area contributed by atoms with E-state index in [2.05, 4.69) is 6.26 Å². The van der Waals surface area contributed by atoms with Crippen molar-refractivity contribution >= 4 is 39.9 Å². The SMILES string of the molecule is CSCCC(=S)SC. The van der Waals surface area contributed by atoms with Crippen molar-refractivity contribution in [1.82, 2.24) is 0 Å². The number of thiocarbonyl (C=S) groups is 1. The molecule has 0 nitrogen and oxygen atoms in total. The van der Waals surface area contributed by atoms with Crippen LogP contribution in [0, 0.1) is 0 Å². The number of hydrogen-bond acceptors (Lipinski definition) is 3. The second kappa shape index (κ2) is 5.92. The fourth-order valence-electron chi connectivity index (χ4n) is 0.287. The van der Waals surface area contributed by atoms with Gasteiger partial charge in [-0.2, -0.15) is 11.8 Å². The maximum Gasteiger partial charge on any atom is 0.0484 e. The molecule has 0 aromatic heterocycles. The van der Waals surface area contributed by atoms with Crippen LogP contribution in [0.3, 0.4) is 0 Å². The molecule has 0 atom stereocenters. The molecular weight excluding hydrogens is 156 g/mol. The van der Waals surface area contributed by atoms with Crippen LogP contribution in [0.25, 0.3) is 0 Å². The minimum Gasteiger partial charge on any atom is -0.165 e. The molecule has 0 heterocycles. The number of thioether (sulfide) groups is 2. The van der Waals surface area contributed by atoms with E-state index in [-0.39, 0.29) is 0 Å². The molecular formula is C5H10S3. The maximum atomic E-state index is 4.97. The van der Waals surface area contributed by atoms with Gasteiger partial charge in [-0.1, -0.05) is 12.2 Å². The highest BCUT2D eigenvalue weighted by Gasteiger charge is 1.90. The lowest BCUT2D eigenvalue weighted by atomic mass is 10.6. The average molecular weight is 166 g/mol. The lowest BCUT2D eigenvalue weighted by molar-refractivity contribution is 1.37. The van der Waals surface area contributed by atoms with E-state index >= 15 is 0 Å². The van der Waals surface area contributed by atoms with Gasteiger partial charge in [0.15, 0.2) is 0 Å². The van der Waals surface area contributed by atoms with E-state index in [9.17, 15) is 0 Å². The smallest absolute Gasteiger partial charge is 0.0484 e. The Hall–Kier alpha value is 0.790. The molecule has 0 amide bonds. The summed E-state index contributed by atoms with van der Waals surface area (Å²) in [5.74, 6) is 1.17. The minimum atomic E-state index is 1.08. The van der Waals surface area contributed by atoms with Crippen LogP contribution in [-0.4, -0.2) is 22.5 Å². The zero-order valence-corrected chi connectivity index (χ0v) is 7.59. The van der Waals surface area contributed by atoms with Gasteiger partial charge in [0.05, 0.1) is 0 Å². The van der Waals surface area contributed by atoms with Gasteiger partial charge in [-0.25, -0.2) is 0 Å². The Labute approximate surface area is 64.8 Å². The van der Waals surface area contributed by atoms with Gasteiger partial charge in [0, 0.05) is 4.20 Å². The molecule has 0 unspecified atom stereocenters. The lowest BCUT2D eigenvalue weighted by Crippen LogP contribution is -1.87. The van der Waals surface area contributed by atoms with Crippen molar-refractivity contribution < 1.29 is 0 Å². The zero-order valence-electron chi connectivity index (χ0n) is 5.14. The summed E-state index contributed by atoms with van der Waals surface area (Å²) in [7, 11) is 0. The summed E-state index contributed by atoms with van der Waals surface area (Å²) >= 11 is 8.50. The highest BCUT2D eigenvalue weighted by molar-refractivity contribution is 8.22. The molecule has 0 radical (unpaired) electrons. The van der Waals surface area contributed by atoms with Gasteiger partial charge in [-0.05, 0) is 24.7 Å². The second-order valence-corrected chi connectivity index (χ2v) is 3.96. The van der Waals surface area contributed by atoms with Gasteiger partial charge in [0.25, 0.3) is 0 Å². The highest BCUT2D eigenvalue weighted by Crippen LogP contribution is 2.05. The fraction of sp³-hybridized carbons (Fsp3) is 0.800. The molecule has 0 aromatic carbocycles. The lowest BCUT2D eigenvalue weighted by Gasteiger charge is -1.94. The van der Waals surface area contributed by atoms with Crippen molar-refractivity contribution in [3.8, 4) is 0 Å². The van der Waals surface area contributed by atoms with E-state index in [1.54, 1.807) is 11.8 Å². The normalized spacial score (nSPS) is 9.25. The standard InChI is InChI=1S/C5H10S3/c1-7-4-3-5(6)8-2/h3-4H2,1-2H3. The van der Waals surface area contributed by atoms with E-state index < -0.39 is 0 Å². The number of hydrogen-bond donors (Lipinski definition) is 0. The Bertz CT molecular complexity index is 70.1. The minimum absolute atomic E-state index is 1.08. The van der Waals surface area contributed by atoms with Crippen LogP contribution in [-0.2, 0) is 0 Å². The molecule has 0 aromatic rings. The van der Waals surface area contributed by atoms with E-state index in [4.69, 9.17) is 12.2 Å². The Morgan fingerprint density at radius 1 is 1.50 bits per heavy atom. The molecule has 48 valence electrons. The second-order valence-electron chi connectivity index (χ2n) is 1.32. The summed E-state index contributed by atoms with van der Waals surface area (Å²) in [4.78, 5) is 0. The van der Waals surface area contributed by atoms with Gasteiger partial charge in [-0.15, -0.1) is 11.8 Å². The predicted molar refractivity (Wildman–Crippen MR) is 49.1 cm³/mol. The van der Waals surface area contributed by atoms with E-state index in [0.29, 0.717) is 0 Å². The molecule has 0 rings (SSSR count). The third kappa shape index (κ3) is 4.94. The van der Waals surface area contributed by atoms with Crippen molar-refractivity contribution in [1.29, 1.82) is 0 Å². The fourth-order valence-corrected chi connectivity index (χ4v) is 1.36. The zero-order chi connectivity index (χ0) is 6.41. The summed E-state index contributed by atoms with van der Waals surface area (Å²) in [6.07, 6.45) is 5.21. The monoisotopic (exact) mass is 166 g/mol. The van der Waals surface area contributed by atoms with E-state index in [1.807, 2.05) is 18.0 Å². The van der Waals surface area contributed by atoms with Gasteiger partial charge in [0.2, 0.25) is 0 Å². The van der Waals surface area contributed by atoms with Crippen LogP contribution < -0.4 is 0 Å². The van der Waals surface area contributed by atoms with E-state index in [1.165, 1.54) is 5.75 Å². The first-order valence-corrected chi connectivity index (χ1v) is 5.39. The first kappa shape index (κ1) is 8.79.